The fourth-order valence-corrected chi connectivity index (χ4v) is 1.99. The molecule has 0 amide bonds. The molecule has 0 fully saturated rings. The molecule has 4 heteroatoms. The van der Waals surface area contributed by atoms with Crippen LogP contribution >= 0.6 is 31.9 Å². The summed E-state index contributed by atoms with van der Waals surface area (Å²) in [5.74, 6) is 0. The maximum atomic E-state index is 5.82. The number of hydrogen-bond donors (Lipinski definition) is 2. The van der Waals surface area contributed by atoms with Gasteiger partial charge >= 0.3 is 0 Å². The van der Waals surface area contributed by atoms with Gasteiger partial charge in [-0.05, 0) is 56.8 Å². The third-order valence-corrected chi connectivity index (χ3v) is 4.22. The number of nitrogens with two attached hydrogens (primary N) is 2. The standard InChI is InChI=1S/C8H10Br2N2/c1-3-4(2)8(12)6(10)5(9)7(3)11/h11-12H2,1-2H3. The van der Waals surface area contributed by atoms with Crippen LogP contribution in [-0.2, 0) is 0 Å². The van der Waals surface area contributed by atoms with Gasteiger partial charge in [0.05, 0.1) is 20.3 Å². The molecule has 66 valence electrons. The van der Waals surface area contributed by atoms with Crippen LogP contribution < -0.4 is 11.5 Å². The van der Waals surface area contributed by atoms with Gasteiger partial charge in [0.15, 0.2) is 0 Å². The highest BCUT2D eigenvalue weighted by Gasteiger charge is 2.11. The lowest BCUT2D eigenvalue weighted by Gasteiger charge is -2.12. The summed E-state index contributed by atoms with van der Waals surface area (Å²) >= 11 is 6.73. The molecule has 0 aliphatic carbocycles. The SMILES string of the molecule is Cc1c(C)c(N)c(Br)c(Br)c1N. The Kier molecular flexibility index (Phi) is 2.68. The molecule has 12 heavy (non-hydrogen) atoms. The summed E-state index contributed by atoms with van der Waals surface area (Å²) in [6, 6.07) is 0. The average molecular weight is 294 g/mol. The van der Waals surface area contributed by atoms with E-state index in [1.165, 1.54) is 0 Å². The summed E-state index contributed by atoms with van der Waals surface area (Å²) in [6.45, 7) is 3.91. The van der Waals surface area contributed by atoms with Gasteiger partial charge in [-0.25, -0.2) is 0 Å². The van der Waals surface area contributed by atoms with E-state index >= 15 is 0 Å². The molecule has 0 heterocycles. The van der Waals surface area contributed by atoms with E-state index in [4.69, 9.17) is 11.5 Å². The molecule has 4 N–H and O–H groups in total. The van der Waals surface area contributed by atoms with Gasteiger partial charge in [-0.15, -0.1) is 0 Å². The van der Waals surface area contributed by atoms with E-state index in [1.807, 2.05) is 13.8 Å². The molecular weight excluding hydrogens is 284 g/mol. The third kappa shape index (κ3) is 1.33. The van der Waals surface area contributed by atoms with Crippen molar-refractivity contribution in [1.29, 1.82) is 0 Å². The van der Waals surface area contributed by atoms with Crippen molar-refractivity contribution in [3.8, 4) is 0 Å². The molecule has 0 radical (unpaired) electrons. The zero-order valence-corrected chi connectivity index (χ0v) is 10.1. The number of benzene rings is 1. The zero-order valence-electron chi connectivity index (χ0n) is 6.91. The van der Waals surface area contributed by atoms with E-state index < -0.39 is 0 Å². The van der Waals surface area contributed by atoms with Gasteiger partial charge in [-0.1, -0.05) is 0 Å². The second-order valence-corrected chi connectivity index (χ2v) is 4.29. The number of nitrogen functional groups attached to an aromatic ring is 2. The second kappa shape index (κ2) is 3.26. The van der Waals surface area contributed by atoms with E-state index in [0.29, 0.717) is 0 Å². The zero-order chi connectivity index (χ0) is 9.46. The van der Waals surface area contributed by atoms with E-state index in [-0.39, 0.29) is 0 Å². The molecule has 0 spiro atoms. The van der Waals surface area contributed by atoms with Crippen molar-refractivity contribution in [2.75, 3.05) is 11.5 Å². The maximum absolute atomic E-state index is 5.82. The highest BCUT2D eigenvalue weighted by Crippen LogP contribution is 2.38. The topological polar surface area (TPSA) is 52.0 Å². The van der Waals surface area contributed by atoms with Crippen LogP contribution in [0, 0.1) is 13.8 Å². The summed E-state index contributed by atoms with van der Waals surface area (Å²) in [5, 5.41) is 0. The largest absolute Gasteiger partial charge is 0.398 e. The van der Waals surface area contributed by atoms with Crippen LogP contribution in [-0.4, -0.2) is 0 Å². The van der Waals surface area contributed by atoms with Crippen LogP contribution in [0.15, 0.2) is 8.95 Å². The Bertz CT molecular complexity index is 229. The Morgan fingerprint density at radius 1 is 0.833 bits per heavy atom. The number of anilines is 2. The van der Waals surface area contributed by atoms with Gasteiger partial charge in [0.1, 0.15) is 0 Å². The van der Waals surface area contributed by atoms with E-state index in [0.717, 1.165) is 31.4 Å². The molecule has 2 nitrogen and oxygen atoms in total. The van der Waals surface area contributed by atoms with Crippen molar-refractivity contribution in [2.45, 2.75) is 13.8 Å². The summed E-state index contributed by atoms with van der Waals surface area (Å²) in [7, 11) is 0. The van der Waals surface area contributed by atoms with Crippen LogP contribution in [0.25, 0.3) is 0 Å². The quantitative estimate of drug-likeness (QED) is 0.723. The van der Waals surface area contributed by atoms with Gasteiger partial charge < -0.3 is 11.5 Å². The molecule has 0 unspecified atom stereocenters. The average Bonchev–Trinajstić information content (AvgIpc) is 2.08. The summed E-state index contributed by atoms with van der Waals surface area (Å²) < 4.78 is 1.67. The van der Waals surface area contributed by atoms with Crippen molar-refractivity contribution in [1.82, 2.24) is 0 Å². The highest BCUT2D eigenvalue weighted by atomic mass is 79.9. The molecule has 0 aliphatic rings. The smallest absolute Gasteiger partial charge is 0.0570 e. The Hall–Kier alpha value is -0.220. The Labute approximate surface area is 88.6 Å². The summed E-state index contributed by atoms with van der Waals surface area (Å²) in [5.41, 5.74) is 15.2. The normalized spacial score (nSPS) is 10.3. The first kappa shape index (κ1) is 9.86. The second-order valence-electron chi connectivity index (χ2n) is 2.71. The molecule has 0 atom stereocenters. The number of hydrogen-bond acceptors (Lipinski definition) is 2. The van der Waals surface area contributed by atoms with E-state index in [9.17, 15) is 0 Å². The lowest BCUT2D eigenvalue weighted by atomic mass is 10.1. The molecule has 0 saturated carbocycles. The van der Waals surface area contributed by atoms with Crippen molar-refractivity contribution in [3.63, 3.8) is 0 Å². The predicted molar refractivity (Wildman–Crippen MR) is 60.1 cm³/mol. The predicted octanol–water partition coefficient (Wildman–Crippen LogP) is 2.99. The molecule has 1 aromatic rings. The number of halogens is 2. The minimum atomic E-state index is 0.744. The van der Waals surface area contributed by atoms with Crippen LogP contribution in [0.3, 0.4) is 0 Å². The van der Waals surface area contributed by atoms with Crippen LogP contribution in [0.4, 0.5) is 11.4 Å². The molecule has 0 aliphatic heterocycles. The Morgan fingerprint density at radius 3 is 1.33 bits per heavy atom. The van der Waals surface area contributed by atoms with Gasteiger partial charge in [0.25, 0.3) is 0 Å². The molecule has 1 rings (SSSR count). The Balaban J connectivity index is 3.60. The minimum absolute atomic E-state index is 0.744. The van der Waals surface area contributed by atoms with Crippen LogP contribution in [0.2, 0.25) is 0 Å². The third-order valence-electron chi connectivity index (χ3n) is 2.04. The van der Waals surface area contributed by atoms with Gasteiger partial charge in [0.2, 0.25) is 0 Å². The monoisotopic (exact) mass is 292 g/mol. The van der Waals surface area contributed by atoms with Crippen molar-refractivity contribution in [2.24, 2.45) is 0 Å². The van der Waals surface area contributed by atoms with Crippen LogP contribution in [0.1, 0.15) is 11.1 Å². The lowest BCUT2D eigenvalue weighted by Crippen LogP contribution is -2.00. The summed E-state index contributed by atoms with van der Waals surface area (Å²) in [4.78, 5) is 0. The molecule has 0 saturated heterocycles. The van der Waals surface area contributed by atoms with E-state index in [1.54, 1.807) is 0 Å². The maximum Gasteiger partial charge on any atom is 0.0570 e. The van der Waals surface area contributed by atoms with Crippen molar-refractivity contribution < 1.29 is 0 Å². The first-order valence-electron chi connectivity index (χ1n) is 3.46. The highest BCUT2D eigenvalue weighted by molar-refractivity contribution is 9.13. The summed E-state index contributed by atoms with van der Waals surface area (Å²) in [6.07, 6.45) is 0. The fourth-order valence-electron chi connectivity index (χ4n) is 0.970. The first-order chi connectivity index (χ1) is 5.46. The Morgan fingerprint density at radius 2 is 1.08 bits per heavy atom. The molecular formula is C8H10Br2N2. The van der Waals surface area contributed by atoms with Gasteiger partial charge in [-0.3, -0.25) is 0 Å². The fraction of sp³-hybridized carbons (Fsp3) is 0.250. The first-order valence-corrected chi connectivity index (χ1v) is 5.04. The molecule has 1 aromatic carbocycles. The van der Waals surface area contributed by atoms with E-state index in [2.05, 4.69) is 31.9 Å². The van der Waals surface area contributed by atoms with Crippen molar-refractivity contribution in [3.05, 3.63) is 20.1 Å². The lowest BCUT2D eigenvalue weighted by molar-refractivity contribution is 1.32. The van der Waals surface area contributed by atoms with Crippen LogP contribution in [0.5, 0.6) is 0 Å². The minimum Gasteiger partial charge on any atom is -0.398 e. The van der Waals surface area contributed by atoms with Gasteiger partial charge in [-0.2, -0.15) is 0 Å². The molecule has 0 aromatic heterocycles. The molecule has 0 bridgehead atoms. The van der Waals surface area contributed by atoms with Gasteiger partial charge in [0, 0.05) is 0 Å². The van der Waals surface area contributed by atoms with Crippen molar-refractivity contribution >= 4 is 43.2 Å². The number of rotatable bonds is 0.